The van der Waals surface area contributed by atoms with Crippen molar-refractivity contribution in [3.05, 3.63) is 11.6 Å². The molecule has 0 amide bonds. The van der Waals surface area contributed by atoms with Gasteiger partial charge in [0.2, 0.25) is 0 Å². The summed E-state index contributed by atoms with van der Waals surface area (Å²) >= 11 is 0. The molecule has 0 aromatic rings. The summed E-state index contributed by atoms with van der Waals surface area (Å²) in [6.07, 6.45) is 2.15. The Labute approximate surface area is 122 Å². The van der Waals surface area contributed by atoms with E-state index in [-0.39, 0.29) is 24.3 Å². The predicted octanol–water partition coefficient (Wildman–Crippen LogP) is 3.23. The summed E-state index contributed by atoms with van der Waals surface area (Å²) in [4.78, 5) is 23.4. The van der Waals surface area contributed by atoms with Crippen LogP contribution in [0.25, 0.3) is 0 Å². The largest absolute Gasteiger partial charge is 0.466 e. The SMILES string of the molecule is CCOC(=O)CC1=CC(O[Si](CC)(CC)CC)CC1=O. The quantitative estimate of drug-likeness (QED) is 0.510. The average Bonchev–Trinajstić information content (AvgIpc) is 2.76. The van der Waals surface area contributed by atoms with E-state index in [4.69, 9.17) is 9.16 Å². The molecule has 4 nitrogen and oxygen atoms in total. The van der Waals surface area contributed by atoms with E-state index in [9.17, 15) is 9.59 Å². The number of ketones is 1. The summed E-state index contributed by atoms with van der Waals surface area (Å²) in [5.74, 6) is -0.313. The molecule has 1 aliphatic rings. The number of esters is 1. The van der Waals surface area contributed by atoms with Crippen molar-refractivity contribution in [2.24, 2.45) is 0 Å². The smallest absolute Gasteiger partial charge is 0.310 e. The van der Waals surface area contributed by atoms with Gasteiger partial charge in [-0.1, -0.05) is 20.8 Å². The Bertz CT molecular complexity index is 377. The van der Waals surface area contributed by atoms with Crippen LogP contribution in [0.3, 0.4) is 0 Å². The Hall–Kier alpha value is -0.943. The van der Waals surface area contributed by atoms with Crippen molar-refractivity contribution in [2.45, 2.75) is 64.8 Å². The zero-order valence-electron chi connectivity index (χ0n) is 13.0. The molecule has 0 aromatic carbocycles. The van der Waals surface area contributed by atoms with Gasteiger partial charge in [-0.05, 0) is 31.1 Å². The van der Waals surface area contributed by atoms with Gasteiger partial charge in [-0.3, -0.25) is 9.59 Å². The van der Waals surface area contributed by atoms with Crippen molar-refractivity contribution in [3.63, 3.8) is 0 Å². The van der Waals surface area contributed by atoms with Gasteiger partial charge in [-0.15, -0.1) is 0 Å². The summed E-state index contributed by atoms with van der Waals surface area (Å²) in [5.41, 5.74) is 0.555. The van der Waals surface area contributed by atoms with Crippen LogP contribution in [0, 0.1) is 0 Å². The number of ether oxygens (including phenoxy) is 1. The first kappa shape index (κ1) is 17.1. The number of carbonyl (C=O) groups is 2. The number of Topliss-reactive ketones (excluding diaryl/α,β-unsaturated/α-hetero) is 1. The Morgan fingerprint density at radius 2 is 1.85 bits per heavy atom. The number of hydrogen-bond donors (Lipinski definition) is 0. The van der Waals surface area contributed by atoms with E-state index in [2.05, 4.69) is 20.8 Å². The van der Waals surface area contributed by atoms with Gasteiger partial charge >= 0.3 is 5.97 Å². The molecule has 0 N–H and O–H groups in total. The summed E-state index contributed by atoms with van der Waals surface area (Å²) in [7, 11) is -1.71. The maximum Gasteiger partial charge on any atom is 0.310 e. The van der Waals surface area contributed by atoms with Gasteiger partial charge in [0.05, 0.1) is 19.1 Å². The lowest BCUT2D eigenvalue weighted by atomic mass is 10.1. The minimum atomic E-state index is -1.71. The van der Waals surface area contributed by atoms with Gasteiger partial charge in [0.1, 0.15) is 0 Å². The van der Waals surface area contributed by atoms with Crippen LogP contribution < -0.4 is 0 Å². The fourth-order valence-electron chi connectivity index (χ4n) is 2.61. The molecule has 20 heavy (non-hydrogen) atoms. The Balaban J connectivity index is 2.68. The van der Waals surface area contributed by atoms with Crippen molar-refractivity contribution in [1.82, 2.24) is 0 Å². The van der Waals surface area contributed by atoms with Crippen LogP contribution in [-0.2, 0) is 18.8 Å². The second-order valence-corrected chi connectivity index (χ2v) is 9.92. The zero-order chi connectivity index (χ0) is 15.2. The van der Waals surface area contributed by atoms with E-state index in [0.29, 0.717) is 18.6 Å². The van der Waals surface area contributed by atoms with Gasteiger partial charge in [-0.25, -0.2) is 0 Å². The van der Waals surface area contributed by atoms with E-state index in [1.807, 2.05) is 6.08 Å². The molecule has 0 spiro atoms. The molecular weight excluding hydrogens is 272 g/mol. The second kappa shape index (κ2) is 7.74. The molecule has 5 heteroatoms. The number of carbonyl (C=O) groups excluding carboxylic acids is 2. The lowest BCUT2D eigenvalue weighted by molar-refractivity contribution is -0.142. The van der Waals surface area contributed by atoms with Gasteiger partial charge in [0, 0.05) is 12.0 Å². The van der Waals surface area contributed by atoms with Gasteiger partial charge < -0.3 is 9.16 Å². The van der Waals surface area contributed by atoms with Gasteiger partial charge in [0.15, 0.2) is 14.1 Å². The van der Waals surface area contributed by atoms with Crippen LogP contribution in [0.4, 0.5) is 0 Å². The van der Waals surface area contributed by atoms with E-state index < -0.39 is 8.32 Å². The molecule has 0 saturated heterocycles. The predicted molar refractivity (Wildman–Crippen MR) is 81.0 cm³/mol. The average molecular weight is 298 g/mol. The number of rotatable bonds is 8. The van der Waals surface area contributed by atoms with E-state index >= 15 is 0 Å². The van der Waals surface area contributed by atoms with Crippen molar-refractivity contribution in [1.29, 1.82) is 0 Å². The van der Waals surface area contributed by atoms with Crippen molar-refractivity contribution >= 4 is 20.1 Å². The highest BCUT2D eigenvalue weighted by Crippen LogP contribution is 2.29. The molecule has 0 radical (unpaired) electrons. The minimum absolute atomic E-state index is 0.0225. The standard InChI is InChI=1S/C15H26O4Si/c1-5-18-15(17)10-12-9-13(11-14(12)16)19-20(6-2,7-3)8-4/h9,13H,5-8,10-11H2,1-4H3. The van der Waals surface area contributed by atoms with Crippen LogP contribution in [0.1, 0.15) is 40.5 Å². The van der Waals surface area contributed by atoms with Crippen LogP contribution in [0.2, 0.25) is 18.1 Å². The monoisotopic (exact) mass is 298 g/mol. The topological polar surface area (TPSA) is 52.6 Å². The number of hydrogen-bond acceptors (Lipinski definition) is 4. The zero-order valence-corrected chi connectivity index (χ0v) is 14.0. The highest BCUT2D eigenvalue weighted by atomic mass is 28.4. The minimum Gasteiger partial charge on any atom is -0.466 e. The molecule has 0 aliphatic heterocycles. The molecule has 1 unspecified atom stereocenters. The highest BCUT2D eigenvalue weighted by molar-refractivity contribution is 6.73. The third-order valence-corrected chi connectivity index (χ3v) is 8.78. The molecule has 0 heterocycles. The molecule has 0 aromatic heterocycles. The molecule has 0 bridgehead atoms. The highest BCUT2D eigenvalue weighted by Gasteiger charge is 2.35. The van der Waals surface area contributed by atoms with Crippen LogP contribution in [0.15, 0.2) is 11.6 Å². The summed E-state index contributed by atoms with van der Waals surface area (Å²) in [5, 5.41) is 0. The lowest BCUT2D eigenvalue weighted by Gasteiger charge is -2.30. The lowest BCUT2D eigenvalue weighted by Crippen LogP contribution is -2.39. The molecular formula is C15H26O4Si. The molecule has 1 aliphatic carbocycles. The fourth-order valence-corrected chi connectivity index (χ4v) is 5.41. The fraction of sp³-hybridized carbons (Fsp3) is 0.733. The second-order valence-electron chi connectivity index (χ2n) is 5.20. The van der Waals surface area contributed by atoms with Crippen LogP contribution in [-0.4, -0.2) is 32.8 Å². The first-order valence-electron chi connectivity index (χ1n) is 7.57. The van der Waals surface area contributed by atoms with Crippen LogP contribution in [0.5, 0.6) is 0 Å². The van der Waals surface area contributed by atoms with E-state index in [1.165, 1.54) is 0 Å². The summed E-state index contributed by atoms with van der Waals surface area (Å²) in [6, 6.07) is 3.18. The molecule has 114 valence electrons. The normalized spacial score (nSPS) is 19.1. The van der Waals surface area contributed by atoms with Crippen molar-refractivity contribution in [3.8, 4) is 0 Å². The maximum atomic E-state index is 11.9. The maximum absolute atomic E-state index is 11.9. The first-order valence-corrected chi connectivity index (χ1v) is 10.1. The Morgan fingerprint density at radius 3 is 2.35 bits per heavy atom. The molecule has 1 atom stereocenters. The van der Waals surface area contributed by atoms with Crippen LogP contribution >= 0.6 is 0 Å². The Kier molecular flexibility index (Phi) is 6.62. The van der Waals surface area contributed by atoms with Gasteiger partial charge in [-0.2, -0.15) is 0 Å². The Morgan fingerprint density at radius 1 is 1.25 bits per heavy atom. The summed E-state index contributed by atoms with van der Waals surface area (Å²) < 4.78 is 11.2. The first-order chi connectivity index (χ1) is 9.50. The molecule has 0 fully saturated rings. The van der Waals surface area contributed by atoms with E-state index in [0.717, 1.165) is 18.1 Å². The summed E-state index contributed by atoms with van der Waals surface area (Å²) in [6.45, 7) is 8.60. The third kappa shape index (κ3) is 4.28. The third-order valence-electron chi connectivity index (χ3n) is 4.11. The van der Waals surface area contributed by atoms with Gasteiger partial charge in [0.25, 0.3) is 0 Å². The van der Waals surface area contributed by atoms with E-state index in [1.54, 1.807) is 6.92 Å². The molecule has 0 saturated carbocycles. The van der Waals surface area contributed by atoms with Crippen molar-refractivity contribution < 1.29 is 18.8 Å². The molecule has 1 rings (SSSR count). The van der Waals surface area contributed by atoms with Crippen molar-refractivity contribution in [2.75, 3.05) is 6.61 Å².